The molecule has 0 spiro atoms. The SMILES string of the molecule is C=CCN(C(=O)CN(C)S(=O)(=O)c1ccc(Cl)cc1)c1ccccc1. The number of sulfonamides is 1. The van der Waals surface area contributed by atoms with Gasteiger partial charge in [0.05, 0.1) is 11.4 Å². The van der Waals surface area contributed by atoms with Gasteiger partial charge in [-0.2, -0.15) is 4.31 Å². The van der Waals surface area contributed by atoms with Crippen LogP contribution in [0.5, 0.6) is 0 Å². The maximum Gasteiger partial charge on any atom is 0.243 e. The van der Waals surface area contributed by atoms with Gasteiger partial charge < -0.3 is 4.90 Å². The van der Waals surface area contributed by atoms with Gasteiger partial charge in [-0.25, -0.2) is 8.42 Å². The van der Waals surface area contributed by atoms with E-state index >= 15 is 0 Å². The molecular weight excluding hydrogens is 360 g/mol. The third kappa shape index (κ3) is 4.69. The lowest BCUT2D eigenvalue weighted by molar-refractivity contribution is -0.118. The zero-order valence-corrected chi connectivity index (χ0v) is 15.4. The largest absolute Gasteiger partial charge is 0.307 e. The first-order chi connectivity index (χ1) is 11.9. The predicted molar refractivity (Wildman–Crippen MR) is 100 cm³/mol. The number of rotatable bonds is 7. The second kappa shape index (κ2) is 8.29. The summed E-state index contributed by atoms with van der Waals surface area (Å²) in [4.78, 5) is 14.2. The molecule has 2 aromatic carbocycles. The van der Waals surface area contributed by atoms with Crippen molar-refractivity contribution in [3.05, 3.63) is 72.3 Å². The normalized spacial score (nSPS) is 11.3. The van der Waals surface area contributed by atoms with Crippen LogP contribution in [0.3, 0.4) is 0 Å². The molecule has 2 rings (SSSR count). The fraction of sp³-hybridized carbons (Fsp3) is 0.167. The smallest absolute Gasteiger partial charge is 0.243 e. The van der Waals surface area contributed by atoms with Crippen LogP contribution in [0, 0.1) is 0 Å². The van der Waals surface area contributed by atoms with Crippen LogP contribution >= 0.6 is 11.6 Å². The minimum absolute atomic E-state index is 0.0854. The number of carbonyl (C=O) groups excluding carboxylic acids is 1. The number of halogens is 1. The first kappa shape index (κ1) is 19.2. The van der Waals surface area contributed by atoms with Gasteiger partial charge in [0.15, 0.2) is 0 Å². The standard InChI is InChI=1S/C18H19ClN2O3S/c1-3-13-21(16-7-5-4-6-8-16)18(22)14-20(2)25(23,24)17-11-9-15(19)10-12-17/h3-12H,1,13-14H2,2H3. The Hall–Kier alpha value is -2.15. The predicted octanol–water partition coefficient (Wildman–Crippen LogP) is 3.18. The van der Waals surface area contributed by atoms with Crippen LogP contribution < -0.4 is 4.90 Å². The van der Waals surface area contributed by atoms with Crippen LogP contribution in [0.2, 0.25) is 5.02 Å². The summed E-state index contributed by atoms with van der Waals surface area (Å²) in [6.07, 6.45) is 1.60. The number of amides is 1. The summed E-state index contributed by atoms with van der Waals surface area (Å²) < 4.78 is 26.2. The van der Waals surface area contributed by atoms with E-state index in [2.05, 4.69) is 6.58 Å². The molecule has 132 valence electrons. The van der Waals surface area contributed by atoms with Crippen molar-refractivity contribution in [3.8, 4) is 0 Å². The molecule has 0 radical (unpaired) electrons. The van der Waals surface area contributed by atoms with Gasteiger partial charge in [0.25, 0.3) is 0 Å². The highest BCUT2D eigenvalue weighted by Gasteiger charge is 2.25. The Morgan fingerprint density at radius 3 is 2.28 bits per heavy atom. The first-order valence-corrected chi connectivity index (χ1v) is 9.36. The number of benzene rings is 2. The summed E-state index contributed by atoms with van der Waals surface area (Å²) in [6, 6.07) is 14.9. The maximum absolute atomic E-state index is 12.6. The van der Waals surface area contributed by atoms with Gasteiger partial charge >= 0.3 is 0 Å². The summed E-state index contributed by atoms with van der Waals surface area (Å²) in [5, 5.41) is 0.443. The Morgan fingerprint density at radius 1 is 1.12 bits per heavy atom. The van der Waals surface area contributed by atoms with Gasteiger partial charge in [0.2, 0.25) is 15.9 Å². The Labute approximate surface area is 153 Å². The van der Waals surface area contributed by atoms with Crippen molar-refractivity contribution >= 4 is 33.2 Å². The van der Waals surface area contributed by atoms with E-state index in [1.165, 1.54) is 36.2 Å². The summed E-state index contributed by atoms with van der Waals surface area (Å²) in [5.41, 5.74) is 0.685. The van der Waals surface area contributed by atoms with Crippen LogP contribution in [0.1, 0.15) is 0 Å². The molecule has 2 aromatic rings. The summed E-state index contributed by atoms with van der Waals surface area (Å²) in [7, 11) is -2.41. The lowest BCUT2D eigenvalue weighted by Crippen LogP contribution is -2.41. The van der Waals surface area contributed by atoms with Crippen LogP contribution in [0.4, 0.5) is 5.69 Å². The van der Waals surface area contributed by atoms with E-state index in [4.69, 9.17) is 11.6 Å². The molecule has 0 fully saturated rings. The topological polar surface area (TPSA) is 57.7 Å². The third-order valence-corrected chi connectivity index (χ3v) is 5.63. The number of hydrogen-bond donors (Lipinski definition) is 0. The summed E-state index contributed by atoms with van der Waals surface area (Å²) in [6.45, 7) is 3.66. The van der Waals surface area contributed by atoms with Crippen molar-refractivity contribution in [2.45, 2.75) is 4.90 Å². The summed E-state index contributed by atoms with van der Waals surface area (Å²) >= 11 is 5.79. The molecule has 7 heteroatoms. The van der Waals surface area contributed by atoms with Gasteiger partial charge in [-0.3, -0.25) is 4.79 Å². The molecule has 0 atom stereocenters. The Morgan fingerprint density at radius 2 is 1.72 bits per heavy atom. The average Bonchev–Trinajstić information content (AvgIpc) is 2.60. The van der Waals surface area contributed by atoms with Crippen molar-refractivity contribution in [2.75, 3.05) is 25.0 Å². The molecule has 0 bridgehead atoms. The van der Waals surface area contributed by atoms with E-state index in [1.807, 2.05) is 18.2 Å². The Bertz CT molecular complexity index is 836. The second-order valence-electron chi connectivity index (χ2n) is 5.34. The van der Waals surface area contributed by atoms with E-state index in [0.29, 0.717) is 10.7 Å². The maximum atomic E-state index is 12.6. The molecule has 1 amide bonds. The zero-order valence-electron chi connectivity index (χ0n) is 13.8. The van der Waals surface area contributed by atoms with Crippen molar-refractivity contribution in [3.63, 3.8) is 0 Å². The van der Waals surface area contributed by atoms with Crippen LogP contribution in [-0.2, 0) is 14.8 Å². The first-order valence-electron chi connectivity index (χ1n) is 7.54. The molecule has 0 aliphatic carbocycles. The molecule has 0 saturated heterocycles. The van der Waals surface area contributed by atoms with Crippen molar-refractivity contribution in [1.29, 1.82) is 0 Å². The molecule has 0 aliphatic heterocycles. The Kier molecular flexibility index (Phi) is 6.36. The highest BCUT2D eigenvalue weighted by Crippen LogP contribution is 2.19. The van der Waals surface area contributed by atoms with E-state index in [-0.39, 0.29) is 23.9 Å². The van der Waals surface area contributed by atoms with E-state index in [0.717, 1.165) is 4.31 Å². The van der Waals surface area contributed by atoms with Gasteiger partial charge in [-0.1, -0.05) is 35.9 Å². The highest BCUT2D eigenvalue weighted by atomic mass is 35.5. The number of nitrogens with zero attached hydrogens (tertiary/aromatic N) is 2. The minimum Gasteiger partial charge on any atom is -0.307 e. The molecule has 0 N–H and O–H groups in total. The van der Waals surface area contributed by atoms with Crippen molar-refractivity contribution in [2.24, 2.45) is 0 Å². The molecule has 0 saturated carbocycles. The third-order valence-electron chi connectivity index (χ3n) is 3.56. The molecule has 0 aromatic heterocycles. The summed E-state index contributed by atoms with van der Waals surface area (Å²) in [5.74, 6) is -0.342. The fourth-order valence-electron chi connectivity index (χ4n) is 2.24. The van der Waals surface area contributed by atoms with Gasteiger partial charge in [-0.05, 0) is 36.4 Å². The number of hydrogen-bond acceptors (Lipinski definition) is 3. The minimum atomic E-state index is -3.78. The fourth-order valence-corrected chi connectivity index (χ4v) is 3.48. The number of para-hydroxylation sites is 1. The van der Waals surface area contributed by atoms with Crippen LogP contribution in [0.15, 0.2) is 72.1 Å². The number of anilines is 1. The molecule has 25 heavy (non-hydrogen) atoms. The van der Waals surface area contributed by atoms with E-state index in [9.17, 15) is 13.2 Å². The molecule has 5 nitrogen and oxygen atoms in total. The quantitative estimate of drug-likeness (QED) is 0.695. The molecule has 0 heterocycles. The average molecular weight is 379 g/mol. The molecule has 0 aliphatic rings. The Balaban J connectivity index is 2.19. The van der Waals surface area contributed by atoms with Gasteiger partial charge in [-0.15, -0.1) is 6.58 Å². The molecule has 0 unspecified atom stereocenters. The van der Waals surface area contributed by atoms with Crippen molar-refractivity contribution in [1.82, 2.24) is 4.31 Å². The lowest BCUT2D eigenvalue weighted by Gasteiger charge is -2.24. The monoisotopic (exact) mass is 378 g/mol. The van der Waals surface area contributed by atoms with Crippen LogP contribution in [0.25, 0.3) is 0 Å². The van der Waals surface area contributed by atoms with E-state index < -0.39 is 10.0 Å². The van der Waals surface area contributed by atoms with Crippen LogP contribution in [-0.4, -0.2) is 38.8 Å². The molecular formula is C18H19ClN2O3S. The van der Waals surface area contributed by atoms with E-state index in [1.54, 1.807) is 18.2 Å². The highest BCUT2D eigenvalue weighted by molar-refractivity contribution is 7.89. The number of carbonyl (C=O) groups is 1. The van der Waals surface area contributed by atoms with Gasteiger partial charge in [0.1, 0.15) is 0 Å². The van der Waals surface area contributed by atoms with Gasteiger partial charge in [0, 0.05) is 24.3 Å². The van der Waals surface area contributed by atoms with Crippen molar-refractivity contribution < 1.29 is 13.2 Å². The zero-order chi connectivity index (χ0) is 18.4. The lowest BCUT2D eigenvalue weighted by atomic mass is 10.2. The second-order valence-corrected chi connectivity index (χ2v) is 7.82. The number of likely N-dealkylation sites (N-methyl/N-ethyl adjacent to an activating group) is 1.